The molecular formula is C27H38N4. The van der Waals surface area contributed by atoms with Gasteiger partial charge in [0.1, 0.15) is 5.82 Å². The fourth-order valence-corrected chi connectivity index (χ4v) is 3.78. The Kier molecular flexibility index (Phi) is 8.27. The zero-order valence-electron chi connectivity index (χ0n) is 19.9. The second kappa shape index (κ2) is 11.1. The third-order valence-corrected chi connectivity index (χ3v) is 5.98. The lowest BCUT2D eigenvalue weighted by Crippen LogP contribution is -2.33. The van der Waals surface area contributed by atoms with Crippen molar-refractivity contribution in [2.45, 2.75) is 60.4 Å². The summed E-state index contributed by atoms with van der Waals surface area (Å²) in [5.41, 5.74) is 3.87. The Labute approximate surface area is 188 Å². The van der Waals surface area contributed by atoms with E-state index in [4.69, 9.17) is 9.97 Å². The monoisotopic (exact) mass is 418 g/mol. The highest BCUT2D eigenvalue weighted by Gasteiger charge is 2.21. The Morgan fingerprint density at radius 3 is 2.29 bits per heavy atom. The maximum atomic E-state index is 5.03. The molecule has 0 amide bonds. The largest absolute Gasteiger partial charge is 0.356 e. The topological polar surface area (TPSA) is 32.3 Å². The molecule has 0 aliphatic carbocycles. The molecule has 0 spiro atoms. The van der Waals surface area contributed by atoms with Gasteiger partial charge in [-0.05, 0) is 48.9 Å². The fourth-order valence-electron chi connectivity index (χ4n) is 3.78. The molecule has 1 aliphatic heterocycles. The van der Waals surface area contributed by atoms with Crippen LogP contribution >= 0.6 is 0 Å². The molecule has 166 valence electrons. The van der Waals surface area contributed by atoms with Gasteiger partial charge in [-0.25, -0.2) is 4.98 Å². The van der Waals surface area contributed by atoms with Gasteiger partial charge in [0.2, 0.25) is 5.95 Å². The molecule has 2 aromatic carbocycles. The van der Waals surface area contributed by atoms with Gasteiger partial charge in [0.25, 0.3) is 0 Å². The van der Waals surface area contributed by atoms with Crippen LogP contribution in [0.1, 0.15) is 58.6 Å². The average molecular weight is 419 g/mol. The quantitative estimate of drug-likeness (QED) is 0.458. The molecular weight excluding hydrogens is 380 g/mol. The van der Waals surface area contributed by atoms with Crippen molar-refractivity contribution in [1.82, 2.24) is 9.97 Å². The lowest BCUT2D eigenvalue weighted by Gasteiger charge is -2.30. The van der Waals surface area contributed by atoms with Crippen LogP contribution < -0.4 is 9.80 Å². The predicted octanol–water partition coefficient (Wildman–Crippen LogP) is 6.48. The predicted molar refractivity (Wildman–Crippen MR) is 134 cm³/mol. The van der Waals surface area contributed by atoms with Crippen molar-refractivity contribution in [2.75, 3.05) is 29.4 Å². The Morgan fingerprint density at radius 1 is 0.935 bits per heavy atom. The van der Waals surface area contributed by atoms with E-state index in [-0.39, 0.29) is 0 Å². The molecule has 0 N–H and O–H groups in total. The molecule has 2 heterocycles. The third-order valence-electron chi connectivity index (χ3n) is 5.98. The van der Waals surface area contributed by atoms with E-state index in [2.05, 4.69) is 92.9 Å². The van der Waals surface area contributed by atoms with E-state index in [0.717, 1.165) is 67.6 Å². The summed E-state index contributed by atoms with van der Waals surface area (Å²) in [4.78, 5) is 14.6. The maximum Gasteiger partial charge on any atom is 0.228 e. The van der Waals surface area contributed by atoms with E-state index in [0.29, 0.717) is 0 Å². The Hall–Kier alpha value is -2.62. The van der Waals surface area contributed by atoms with E-state index in [9.17, 15) is 0 Å². The van der Waals surface area contributed by atoms with Gasteiger partial charge >= 0.3 is 0 Å². The van der Waals surface area contributed by atoms with Crippen LogP contribution in [0.3, 0.4) is 0 Å². The summed E-state index contributed by atoms with van der Waals surface area (Å²) in [5, 5.41) is 1.14. The first kappa shape index (κ1) is 23.1. The van der Waals surface area contributed by atoms with E-state index >= 15 is 0 Å². The van der Waals surface area contributed by atoms with Crippen LogP contribution in [-0.2, 0) is 13.0 Å². The minimum atomic E-state index is 0.850. The second-order valence-electron chi connectivity index (χ2n) is 8.69. The van der Waals surface area contributed by atoms with Crippen LogP contribution in [-0.4, -0.2) is 29.6 Å². The van der Waals surface area contributed by atoms with Gasteiger partial charge < -0.3 is 9.80 Å². The number of aromatic nitrogens is 2. The number of hydrogen-bond acceptors (Lipinski definition) is 4. The van der Waals surface area contributed by atoms with Crippen LogP contribution in [0, 0.1) is 5.92 Å². The van der Waals surface area contributed by atoms with Crippen molar-refractivity contribution in [2.24, 2.45) is 5.92 Å². The zero-order valence-corrected chi connectivity index (χ0v) is 19.9. The summed E-state index contributed by atoms with van der Waals surface area (Å²) in [6, 6.07) is 17.1. The molecule has 0 radical (unpaired) electrons. The van der Waals surface area contributed by atoms with Crippen molar-refractivity contribution in [3.8, 4) is 0 Å². The molecule has 0 atom stereocenters. The van der Waals surface area contributed by atoms with E-state index in [1.165, 1.54) is 17.5 Å². The van der Waals surface area contributed by atoms with Crippen molar-refractivity contribution in [3.63, 3.8) is 0 Å². The highest BCUT2D eigenvalue weighted by molar-refractivity contribution is 5.90. The minimum Gasteiger partial charge on any atom is -0.356 e. The van der Waals surface area contributed by atoms with Crippen molar-refractivity contribution >= 4 is 22.7 Å². The normalized spacial score (nSPS) is 13.0. The van der Waals surface area contributed by atoms with Crippen LogP contribution in [0.5, 0.6) is 0 Å². The lowest BCUT2D eigenvalue weighted by molar-refractivity contribution is 0.626. The summed E-state index contributed by atoms with van der Waals surface area (Å²) < 4.78 is 0. The van der Waals surface area contributed by atoms with Crippen LogP contribution in [0.25, 0.3) is 10.9 Å². The number of hydrogen-bond donors (Lipinski definition) is 0. The Balaban J connectivity index is 0.000000491. The summed E-state index contributed by atoms with van der Waals surface area (Å²) in [5.74, 6) is 2.80. The number of nitrogens with zero attached hydrogens (tertiary/aromatic N) is 4. The molecule has 1 aromatic heterocycles. The summed E-state index contributed by atoms with van der Waals surface area (Å²) in [7, 11) is 0. The first-order valence-electron chi connectivity index (χ1n) is 11.9. The first-order chi connectivity index (χ1) is 15.1. The van der Waals surface area contributed by atoms with Gasteiger partial charge in [-0.15, -0.1) is 0 Å². The molecule has 0 saturated carbocycles. The minimum absolute atomic E-state index is 0.850. The van der Waals surface area contributed by atoms with Gasteiger partial charge in [0, 0.05) is 31.6 Å². The third kappa shape index (κ3) is 5.75. The van der Waals surface area contributed by atoms with Crippen molar-refractivity contribution < 1.29 is 0 Å². The van der Waals surface area contributed by atoms with Crippen LogP contribution in [0.2, 0.25) is 0 Å². The van der Waals surface area contributed by atoms with Crippen LogP contribution in [0.15, 0.2) is 48.5 Å². The summed E-state index contributed by atoms with van der Waals surface area (Å²) >= 11 is 0. The number of rotatable bonds is 6. The van der Waals surface area contributed by atoms with Gasteiger partial charge in [-0.2, -0.15) is 4.98 Å². The maximum absolute atomic E-state index is 5.03. The molecule has 31 heavy (non-hydrogen) atoms. The Morgan fingerprint density at radius 2 is 1.61 bits per heavy atom. The van der Waals surface area contributed by atoms with Gasteiger partial charge in [-0.3, -0.25) is 0 Å². The van der Waals surface area contributed by atoms with E-state index < -0.39 is 0 Å². The lowest BCUT2D eigenvalue weighted by atomic mass is 10.0. The van der Waals surface area contributed by atoms with Gasteiger partial charge in [-0.1, -0.05) is 70.5 Å². The number of benzene rings is 2. The highest BCUT2D eigenvalue weighted by atomic mass is 15.3. The Bertz CT molecular complexity index is 966. The number of para-hydroxylation sites is 1. The average Bonchev–Trinajstić information content (AvgIpc) is 2.82. The second-order valence-corrected chi connectivity index (χ2v) is 8.69. The molecule has 4 heteroatoms. The molecule has 0 fully saturated rings. The molecule has 0 bridgehead atoms. The highest BCUT2D eigenvalue weighted by Crippen LogP contribution is 2.29. The number of anilines is 2. The van der Waals surface area contributed by atoms with Crippen molar-refractivity contribution in [3.05, 3.63) is 59.7 Å². The van der Waals surface area contributed by atoms with E-state index in [1.54, 1.807) is 0 Å². The number of fused-ring (bicyclic) bond motifs is 2. The molecule has 4 nitrogen and oxygen atoms in total. The summed E-state index contributed by atoms with van der Waals surface area (Å²) in [6.45, 7) is 14.9. The molecule has 4 rings (SSSR count). The SMILES string of the molecule is CCC(C)C.CCCN(CC)c1nc(N2CCc3ccccc3C2)nc2ccccc12. The van der Waals surface area contributed by atoms with Crippen LogP contribution in [0.4, 0.5) is 11.8 Å². The zero-order chi connectivity index (χ0) is 22.2. The molecule has 0 saturated heterocycles. The van der Waals surface area contributed by atoms with Crippen molar-refractivity contribution in [1.29, 1.82) is 0 Å². The standard InChI is InChI=1S/C22H26N4.C5H12/c1-3-14-25(4-2)21-19-11-7-8-12-20(19)23-22(24-21)26-15-13-17-9-5-6-10-18(17)16-26;1-4-5(2)3/h5-12H,3-4,13-16H2,1-2H3;5H,4H2,1-3H3. The van der Waals surface area contributed by atoms with Gasteiger partial charge in [0.15, 0.2) is 0 Å². The smallest absolute Gasteiger partial charge is 0.228 e. The summed E-state index contributed by atoms with van der Waals surface area (Å²) in [6.07, 6.45) is 3.47. The van der Waals surface area contributed by atoms with E-state index in [1.807, 2.05) is 0 Å². The molecule has 0 unspecified atom stereocenters. The van der Waals surface area contributed by atoms with Gasteiger partial charge in [0.05, 0.1) is 5.52 Å². The first-order valence-corrected chi connectivity index (χ1v) is 11.9. The molecule has 1 aliphatic rings. The fraction of sp³-hybridized carbons (Fsp3) is 0.481. The molecule has 3 aromatic rings.